The van der Waals surface area contributed by atoms with Gasteiger partial charge in [-0.1, -0.05) is 56.3 Å². The van der Waals surface area contributed by atoms with Crippen molar-refractivity contribution in [3.63, 3.8) is 0 Å². The van der Waals surface area contributed by atoms with Gasteiger partial charge in [0, 0.05) is 30.4 Å². The number of amides is 1. The smallest absolute Gasteiger partial charge is 0.251 e. The Bertz CT molecular complexity index is 1110. The minimum atomic E-state index is -0.792. The lowest BCUT2D eigenvalue weighted by atomic mass is 9.58. The maximum Gasteiger partial charge on any atom is 0.251 e. The Morgan fingerprint density at radius 2 is 1.76 bits per heavy atom. The third-order valence-electron chi connectivity index (χ3n) is 9.02. The van der Waals surface area contributed by atoms with Crippen LogP contribution in [0.15, 0.2) is 54.6 Å². The predicted molar refractivity (Wildman–Crippen MR) is 136 cm³/mol. The van der Waals surface area contributed by atoms with Gasteiger partial charge in [-0.3, -0.25) is 4.79 Å². The van der Waals surface area contributed by atoms with Crippen LogP contribution in [0.4, 0.5) is 0 Å². The fraction of sp³-hybridized carbons (Fsp3) is 0.567. The SMILES string of the molecule is C[C@@H]1CCC2[C@@H](C)[C@@H](OCc3ccc(C(=O)NCc4ccccc4)cc3)OC3O[C@@]4(C)CCC1[C@]32OO4. The molecule has 5 fully saturated rings. The summed E-state index contributed by atoms with van der Waals surface area (Å²) in [5.41, 5.74) is 2.10. The van der Waals surface area contributed by atoms with E-state index in [1.54, 1.807) is 0 Å². The highest BCUT2D eigenvalue weighted by molar-refractivity contribution is 5.94. The number of ether oxygens (including phenoxy) is 3. The molecule has 2 aromatic rings. The van der Waals surface area contributed by atoms with Gasteiger partial charge in [-0.25, -0.2) is 9.78 Å². The summed E-state index contributed by atoms with van der Waals surface area (Å²) in [6.45, 7) is 7.33. The molecule has 1 spiro atoms. The van der Waals surface area contributed by atoms with Crippen molar-refractivity contribution in [1.82, 2.24) is 5.32 Å². The van der Waals surface area contributed by atoms with E-state index in [1.807, 2.05) is 61.5 Å². The van der Waals surface area contributed by atoms with Gasteiger partial charge < -0.3 is 19.5 Å². The Morgan fingerprint density at radius 1 is 0.973 bits per heavy atom. The van der Waals surface area contributed by atoms with Crippen LogP contribution in [0.5, 0.6) is 0 Å². The molecule has 7 heteroatoms. The topological polar surface area (TPSA) is 75.3 Å². The molecule has 4 saturated heterocycles. The van der Waals surface area contributed by atoms with Gasteiger partial charge in [0.2, 0.25) is 5.79 Å². The number of hydrogen-bond acceptors (Lipinski definition) is 6. The Balaban J connectivity index is 1.10. The molecule has 1 saturated carbocycles. The highest BCUT2D eigenvalue weighted by atomic mass is 17.3. The molecule has 7 nitrogen and oxygen atoms in total. The van der Waals surface area contributed by atoms with Crippen molar-refractivity contribution in [1.29, 1.82) is 0 Å². The van der Waals surface area contributed by atoms with Crippen molar-refractivity contribution in [2.75, 3.05) is 0 Å². The first-order valence-corrected chi connectivity index (χ1v) is 13.6. The molecule has 37 heavy (non-hydrogen) atoms. The molecule has 2 aromatic carbocycles. The van der Waals surface area contributed by atoms with Crippen LogP contribution in [0.3, 0.4) is 0 Å². The summed E-state index contributed by atoms with van der Waals surface area (Å²) < 4.78 is 19.2. The van der Waals surface area contributed by atoms with Gasteiger partial charge in [0.1, 0.15) is 0 Å². The van der Waals surface area contributed by atoms with Crippen molar-refractivity contribution in [2.45, 2.75) is 83.6 Å². The second-order valence-electron chi connectivity index (χ2n) is 11.4. The Kier molecular flexibility index (Phi) is 6.62. The van der Waals surface area contributed by atoms with E-state index in [1.165, 1.54) is 0 Å². The van der Waals surface area contributed by atoms with E-state index in [0.717, 1.165) is 36.8 Å². The first-order valence-electron chi connectivity index (χ1n) is 13.6. The Hall–Kier alpha value is -2.29. The fourth-order valence-corrected chi connectivity index (χ4v) is 6.87. The van der Waals surface area contributed by atoms with Gasteiger partial charge in [0.05, 0.1) is 6.61 Å². The van der Waals surface area contributed by atoms with Gasteiger partial charge >= 0.3 is 0 Å². The number of nitrogens with one attached hydrogen (secondary N) is 1. The van der Waals surface area contributed by atoms with E-state index < -0.39 is 24.0 Å². The van der Waals surface area contributed by atoms with Crippen LogP contribution in [0.1, 0.15) is 67.9 Å². The van der Waals surface area contributed by atoms with Crippen molar-refractivity contribution in [3.8, 4) is 0 Å². The number of benzene rings is 2. The quantitative estimate of drug-likeness (QED) is 0.532. The van der Waals surface area contributed by atoms with Crippen LogP contribution >= 0.6 is 0 Å². The summed E-state index contributed by atoms with van der Waals surface area (Å²) >= 11 is 0. The third-order valence-corrected chi connectivity index (χ3v) is 9.02. The van der Waals surface area contributed by atoms with Crippen LogP contribution in [0.25, 0.3) is 0 Å². The largest absolute Gasteiger partial charge is 0.348 e. The van der Waals surface area contributed by atoms with Crippen LogP contribution in [0.2, 0.25) is 0 Å². The van der Waals surface area contributed by atoms with E-state index in [4.69, 9.17) is 24.0 Å². The minimum absolute atomic E-state index is 0.0942. The Morgan fingerprint density at radius 3 is 2.54 bits per heavy atom. The third kappa shape index (κ3) is 4.51. The first-order chi connectivity index (χ1) is 17.9. The molecule has 4 heterocycles. The van der Waals surface area contributed by atoms with Gasteiger partial charge in [0.25, 0.3) is 5.91 Å². The molecule has 1 amide bonds. The molecule has 3 unspecified atom stereocenters. The molecule has 5 aliphatic rings. The van der Waals surface area contributed by atoms with Gasteiger partial charge in [-0.15, -0.1) is 0 Å². The molecule has 0 radical (unpaired) electrons. The monoisotopic (exact) mass is 507 g/mol. The van der Waals surface area contributed by atoms with Crippen molar-refractivity contribution < 1.29 is 28.8 Å². The van der Waals surface area contributed by atoms with Crippen LogP contribution < -0.4 is 5.32 Å². The predicted octanol–water partition coefficient (Wildman–Crippen LogP) is 5.34. The number of fused-ring (bicyclic) bond motifs is 2. The zero-order valence-electron chi connectivity index (χ0n) is 21.9. The zero-order chi connectivity index (χ0) is 25.6. The molecule has 1 aliphatic carbocycles. The fourth-order valence-electron chi connectivity index (χ4n) is 6.87. The van der Waals surface area contributed by atoms with Crippen LogP contribution in [-0.4, -0.2) is 29.9 Å². The standard InChI is InChI=1S/C30H37NO6/c1-19-9-14-25-20(2)27(34-28-30(25)24(19)15-16-29(3,35-28)36-37-30)33-18-22-10-12-23(13-11-22)26(32)31-17-21-7-5-4-6-8-21/h4-8,10-13,19-20,24-25,27-28H,9,14-18H2,1-3H3,(H,31,32)/t19-,20-,24?,25?,27+,28?,29-,30-/m1/s1. The van der Waals surface area contributed by atoms with Crippen molar-refractivity contribution >= 4 is 5.91 Å². The maximum absolute atomic E-state index is 12.6. The maximum atomic E-state index is 12.6. The molecular formula is C30H37NO6. The van der Waals surface area contributed by atoms with E-state index in [0.29, 0.717) is 30.6 Å². The molecule has 8 atom stereocenters. The Labute approximate surface area is 218 Å². The summed E-state index contributed by atoms with van der Waals surface area (Å²) in [7, 11) is 0. The van der Waals surface area contributed by atoms with Gasteiger partial charge in [-0.05, 0) is 61.3 Å². The lowest BCUT2D eigenvalue weighted by Crippen LogP contribution is -2.70. The van der Waals surface area contributed by atoms with E-state index in [2.05, 4.69) is 19.2 Å². The summed E-state index contributed by atoms with van der Waals surface area (Å²) in [6, 6.07) is 17.4. The number of carbonyl (C=O) groups excluding carboxylic acids is 1. The van der Waals surface area contributed by atoms with E-state index in [-0.39, 0.29) is 17.7 Å². The molecule has 1 N–H and O–H groups in total. The highest BCUT2D eigenvalue weighted by Crippen LogP contribution is 2.60. The molecule has 0 aromatic heterocycles. The van der Waals surface area contributed by atoms with Gasteiger partial charge in [-0.2, -0.15) is 0 Å². The number of rotatable bonds is 6. The van der Waals surface area contributed by atoms with Gasteiger partial charge in [0.15, 0.2) is 18.2 Å². The van der Waals surface area contributed by atoms with E-state index in [9.17, 15) is 4.79 Å². The number of carbonyl (C=O) groups is 1. The summed E-state index contributed by atoms with van der Waals surface area (Å²) in [5, 5.41) is 2.97. The van der Waals surface area contributed by atoms with Crippen molar-refractivity contribution in [3.05, 3.63) is 71.3 Å². The highest BCUT2D eigenvalue weighted by Gasteiger charge is 2.69. The minimum Gasteiger partial charge on any atom is -0.348 e. The molecular weight excluding hydrogens is 470 g/mol. The summed E-state index contributed by atoms with van der Waals surface area (Å²) in [6.07, 6.45) is 3.08. The van der Waals surface area contributed by atoms with E-state index >= 15 is 0 Å². The average Bonchev–Trinajstić information content (AvgIpc) is 3.15. The summed E-state index contributed by atoms with van der Waals surface area (Å²) in [4.78, 5) is 24.7. The van der Waals surface area contributed by atoms with Crippen LogP contribution in [0, 0.1) is 23.7 Å². The second-order valence-corrected chi connectivity index (χ2v) is 11.4. The normalized spacial score (nSPS) is 38.5. The zero-order valence-corrected chi connectivity index (χ0v) is 21.9. The number of hydrogen-bond donors (Lipinski definition) is 1. The molecule has 4 aliphatic heterocycles. The van der Waals surface area contributed by atoms with Crippen LogP contribution in [-0.2, 0) is 37.1 Å². The molecule has 198 valence electrons. The molecule has 2 bridgehead atoms. The molecule has 7 rings (SSSR count). The van der Waals surface area contributed by atoms with Crippen molar-refractivity contribution in [2.24, 2.45) is 23.7 Å². The first kappa shape index (κ1) is 25.0. The second kappa shape index (κ2) is 9.79. The summed E-state index contributed by atoms with van der Waals surface area (Å²) in [5.74, 6) is 0.343. The average molecular weight is 508 g/mol. The lowest BCUT2D eigenvalue weighted by molar-refractivity contribution is -0.577. The lowest BCUT2D eigenvalue weighted by Gasteiger charge is -2.60.